The first-order chi connectivity index (χ1) is 9.92. The van der Waals surface area contributed by atoms with Gasteiger partial charge in [-0.2, -0.15) is 0 Å². The van der Waals surface area contributed by atoms with Crippen LogP contribution >= 0.6 is 0 Å². The van der Waals surface area contributed by atoms with E-state index in [1.54, 1.807) is 0 Å². The maximum Gasteiger partial charge on any atom is 0.190 e. The summed E-state index contributed by atoms with van der Waals surface area (Å²) in [5, 5.41) is 0. The van der Waals surface area contributed by atoms with E-state index in [1.165, 1.54) is 6.42 Å². The Bertz CT molecular complexity index is 459. The first-order valence-electron chi connectivity index (χ1n) is 8.48. The first kappa shape index (κ1) is 15.7. The highest BCUT2D eigenvalue weighted by atomic mass is 32.2. The van der Waals surface area contributed by atoms with Crippen LogP contribution < -0.4 is 0 Å². The second-order valence-electron chi connectivity index (χ2n) is 7.75. The Hall–Kier alpha value is -0.220. The van der Waals surface area contributed by atoms with Gasteiger partial charge >= 0.3 is 0 Å². The fraction of sp³-hybridized carbons (Fsp3) is 0.941. The zero-order valence-corrected chi connectivity index (χ0v) is 14.3. The van der Waals surface area contributed by atoms with Gasteiger partial charge in [0.2, 0.25) is 0 Å². The molecule has 0 aromatic rings. The van der Waals surface area contributed by atoms with Crippen LogP contribution in [0, 0.1) is 16.7 Å². The second-order valence-corrected chi connectivity index (χ2v) is 9.23. The summed E-state index contributed by atoms with van der Waals surface area (Å²) in [7, 11) is -1.16. The van der Waals surface area contributed by atoms with Gasteiger partial charge in [-0.1, -0.05) is 33.6 Å². The molecule has 2 aliphatic carbocycles. The molecule has 21 heavy (non-hydrogen) atoms. The van der Waals surface area contributed by atoms with Crippen molar-refractivity contribution in [1.82, 2.24) is 0 Å². The van der Waals surface area contributed by atoms with E-state index < -0.39 is 16.2 Å². The summed E-state index contributed by atoms with van der Waals surface area (Å²) in [6.45, 7) is 6.75. The SMILES string of the molecule is CCCCCC(=O)[C@@H]1O[C@@H]2C[C@H]3CC[C@]2(CS1=O)C3(C)C. The van der Waals surface area contributed by atoms with Gasteiger partial charge in [0.15, 0.2) is 11.2 Å². The van der Waals surface area contributed by atoms with Gasteiger partial charge < -0.3 is 4.74 Å². The molecule has 3 rings (SSSR count). The molecule has 0 aromatic heterocycles. The summed E-state index contributed by atoms with van der Waals surface area (Å²) in [6, 6.07) is 0. The predicted molar refractivity (Wildman–Crippen MR) is 84.4 cm³/mol. The highest BCUT2D eigenvalue weighted by Crippen LogP contribution is 2.68. The van der Waals surface area contributed by atoms with E-state index in [1.807, 2.05) is 0 Å². The number of ether oxygens (including phenoxy) is 1. The Balaban J connectivity index is 1.71. The van der Waals surface area contributed by atoms with Gasteiger partial charge in [0, 0.05) is 17.6 Å². The molecule has 1 aliphatic heterocycles. The minimum Gasteiger partial charge on any atom is -0.353 e. The lowest BCUT2D eigenvalue weighted by molar-refractivity contribution is -0.135. The fourth-order valence-electron chi connectivity index (χ4n) is 4.96. The molecule has 120 valence electrons. The number of fused-ring (bicyclic) bond motifs is 1. The van der Waals surface area contributed by atoms with Crippen molar-refractivity contribution in [2.24, 2.45) is 16.7 Å². The monoisotopic (exact) mass is 312 g/mol. The van der Waals surface area contributed by atoms with Crippen LogP contribution in [0.15, 0.2) is 0 Å². The Morgan fingerprint density at radius 3 is 2.76 bits per heavy atom. The van der Waals surface area contributed by atoms with E-state index >= 15 is 0 Å². The minimum absolute atomic E-state index is 0.0583. The summed E-state index contributed by atoms with van der Waals surface area (Å²) in [4.78, 5) is 12.3. The normalized spacial score (nSPS) is 43.8. The van der Waals surface area contributed by atoms with Gasteiger partial charge in [-0.15, -0.1) is 0 Å². The van der Waals surface area contributed by atoms with Crippen LogP contribution in [-0.4, -0.2) is 27.3 Å². The Morgan fingerprint density at radius 1 is 1.33 bits per heavy atom. The Labute approximate surface area is 130 Å². The minimum atomic E-state index is -1.16. The molecular formula is C17H28O3S. The molecule has 0 amide bonds. The van der Waals surface area contributed by atoms with Crippen molar-refractivity contribution in [3.05, 3.63) is 0 Å². The van der Waals surface area contributed by atoms with E-state index in [0.717, 1.165) is 32.1 Å². The van der Waals surface area contributed by atoms with Crippen LogP contribution in [0.3, 0.4) is 0 Å². The van der Waals surface area contributed by atoms with Crippen LogP contribution in [0.1, 0.15) is 65.7 Å². The van der Waals surface area contributed by atoms with Gasteiger partial charge in [0.05, 0.1) is 16.9 Å². The molecule has 3 aliphatic rings. The first-order valence-corrected chi connectivity index (χ1v) is 9.86. The Morgan fingerprint density at radius 2 is 2.10 bits per heavy atom. The maximum absolute atomic E-state index is 12.6. The molecule has 2 bridgehead atoms. The van der Waals surface area contributed by atoms with Crippen molar-refractivity contribution in [1.29, 1.82) is 0 Å². The number of Topliss-reactive ketones (excluding diaryl/α,β-unsaturated/α-hetero) is 1. The summed E-state index contributed by atoms with van der Waals surface area (Å²) >= 11 is 0. The third-order valence-electron chi connectivity index (χ3n) is 6.57. The number of unbranched alkanes of at least 4 members (excludes halogenated alkanes) is 2. The molecule has 5 atom stereocenters. The quantitative estimate of drug-likeness (QED) is 0.730. The molecule has 1 spiro atoms. The zero-order valence-electron chi connectivity index (χ0n) is 13.5. The van der Waals surface area contributed by atoms with E-state index in [9.17, 15) is 9.00 Å². The number of ketones is 1. The zero-order chi connectivity index (χ0) is 15.3. The lowest BCUT2D eigenvalue weighted by Crippen LogP contribution is -2.53. The van der Waals surface area contributed by atoms with Crippen LogP contribution in [0.5, 0.6) is 0 Å². The third-order valence-corrected chi connectivity index (χ3v) is 8.22. The van der Waals surface area contributed by atoms with Crippen molar-refractivity contribution in [3.63, 3.8) is 0 Å². The molecule has 0 radical (unpaired) electrons. The lowest BCUT2D eigenvalue weighted by Gasteiger charge is -2.46. The van der Waals surface area contributed by atoms with Gasteiger partial charge in [-0.05, 0) is 37.0 Å². The molecule has 1 heterocycles. The highest BCUT2D eigenvalue weighted by Gasteiger charge is 2.67. The molecule has 2 saturated carbocycles. The number of carbonyl (C=O) groups excluding carboxylic acids is 1. The molecular weight excluding hydrogens is 284 g/mol. The third kappa shape index (κ3) is 2.24. The number of carbonyl (C=O) groups is 1. The molecule has 1 unspecified atom stereocenters. The van der Waals surface area contributed by atoms with Crippen LogP contribution in [-0.2, 0) is 20.3 Å². The van der Waals surface area contributed by atoms with Crippen LogP contribution in [0.4, 0.5) is 0 Å². The molecule has 0 N–H and O–H groups in total. The van der Waals surface area contributed by atoms with Crippen LogP contribution in [0.25, 0.3) is 0 Å². The van der Waals surface area contributed by atoms with Crippen LogP contribution in [0.2, 0.25) is 0 Å². The number of rotatable bonds is 5. The van der Waals surface area contributed by atoms with Gasteiger partial charge in [-0.3, -0.25) is 9.00 Å². The van der Waals surface area contributed by atoms with E-state index in [2.05, 4.69) is 20.8 Å². The molecule has 1 saturated heterocycles. The van der Waals surface area contributed by atoms with Gasteiger partial charge in [-0.25, -0.2) is 0 Å². The average Bonchev–Trinajstić information content (AvgIpc) is 2.79. The Kier molecular flexibility index (Phi) is 4.07. The molecule has 3 nitrogen and oxygen atoms in total. The van der Waals surface area contributed by atoms with Crippen molar-refractivity contribution >= 4 is 16.6 Å². The molecule has 3 fully saturated rings. The lowest BCUT2D eigenvalue weighted by atomic mass is 9.69. The van der Waals surface area contributed by atoms with Crippen molar-refractivity contribution in [3.8, 4) is 0 Å². The van der Waals surface area contributed by atoms with Crippen molar-refractivity contribution < 1.29 is 13.7 Å². The molecule has 4 heteroatoms. The summed E-state index contributed by atoms with van der Waals surface area (Å²) in [5.41, 5.74) is -0.376. The summed E-state index contributed by atoms with van der Waals surface area (Å²) < 4.78 is 18.8. The van der Waals surface area contributed by atoms with Crippen molar-refractivity contribution in [2.75, 3.05) is 5.75 Å². The van der Waals surface area contributed by atoms with E-state index in [4.69, 9.17) is 4.74 Å². The van der Waals surface area contributed by atoms with E-state index in [-0.39, 0.29) is 22.7 Å². The predicted octanol–water partition coefficient (Wildman–Crippen LogP) is 3.44. The highest BCUT2D eigenvalue weighted by molar-refractivity contribution is 7.86. The smallest absolute Gasteiger partial charge is 0.190 e. The molecule has 0 aromatic carbocycles. The average molecular weight is 312 g/mol. The van der Waals surface area contributed by atoms with E-state index in [0.29, 0.717) is 18.1 Å². The number of hydrogen-bond acceptors (Lipinski definition) is 3. The standard InChI is InChI=1S/C17H28O3S/c1-4-5-6-7-13(18)15-20-14-10-12-8-9-17(14,11-21(15)19)16(12,2)3/h12,14-15H,4-11H2,1-3H3/t12-,14-,15-,17-,21?/m1/s1. The van der Waals surface area contributed by atoms with Gasteiger partial charge in [0.1, 0.15) is 0 Å². The van der Waals surface area contributed by atoms with Gasteiger partial charge in [0.25, 0.3) is 0 Å². The second kappa shape index (κ2) is 5.45. The largest absolute Gasteiger partial charge is 0.353 e. The maximum atomic E-state index is 12.6. The summed E-state index contributed by atoms with van der Waals surface area (Å²) in [5.74, 6) is 1.41. The number of hydrogen-bond donors (Lipinski definition) is 0. The fourth-order valence-corrected chi connectivity index (χ4v) is 6.99. The van der Waals surface area contributed by atoms with Crippen molar-refractivity contribution in [2.45, 2.75) is 77.3 Å². The topological polar surface area (TPSA) is 43.4 Å². The summed E-state index contributed by atoms with van der Waals surface area (Å²) in [6.07, 6.45) is 7.16.